The van der Waals surface area contributed by atoms with Gasteiger partial charge < -0.3 is 10.1 Å². The highest BCUT2D eigenvalue weighted by molar-refractivity contribution is 9.10. The second kappa shape index (κ2) is 7.49. The maximum atomic E-state index is 5.83. The highest BCUT2D eigenvalue weighted by Gasteiger charge is 2.37. The molecule has 2 aromatic carbocycles. The van der Waals surface area contributed by atoms with Crippen molar-refractivity contribution in [3.63, 3.8) is 0 Å². The molecule has 22 heavy (non-hydrogen) atoms. The van der Waals surface area contributed by atoms with Crippen LogP contribution in [-0.4, -0.2) is 18.5 Å². The van der Waals surface area contributed by atoms with E-state index in [2.05, 4.69) is 57.6 Å². The molecule has 0 spiro atoms. The predicted molar refractivity (Wildman–Crippen MR) is 94.8 cm³/mol. The van der Waals surface area contributed by atoms with Crippen LogP contribution in [0.25, 0.3) is 0 Å². The SMILES string of the molecule is ClCCN[C@@H]1C[C@H]1c1ccc(OCc2ccc(Br)cc2)cc1. The molecule has 1 aliphatic rings. The summed E-state index contributed by atoms with van der Waals surface area (Å²) < 4.78 is 6.92. The van der Waals surface area contributed by atoms with Crippen molar-refractivity contribution in [2.45, 2.75) is 25.0 Å². The Morgan fingerprint density at radius 3 is 2.50 bits per heavy atom. The van der Waals surface area contributed by atoms with Gasteiger partial charge in [0.05, 0.1) is 0 Å². The van der Waals surface area contributed by atoms with E-state index >= 15 is 0 Å². The first kappa shape index (κ1) is 15.9. The van der Waals surface area contributed by atoms with Crippen molar-refractivity contribution in [3.8, 4) is 5.75 Å². The fraction of sp³-hybridized carbons (Fsp3) is 0.333. The summed E-state index contributed by atoms with van der Waals surface area (Å²) >= 11 is 9.14. The minimum absolute atomic E-state index is 0.591. The maximum Gasteiger partial charge on any atom is 0.119 e. The Morgan fingerprint density at radius 1 is 1.09 bits per heavy atom. The summed E-state index contributed by atoms with van der Waals surface area (Å²) in [7, 11) is 0. The first-order valence-electron chi connectivity index (χ1n) is 7.53. The first-order chi connectivity index (χ1) is 10.8. The van der Waals surface area contributed by atoms with Crippen LogP contribution in [0.5, 0.6) is 5.75 Å². The van der Waals surface area contributed by atoms with E-state index in [1.807, 2.05) is 12.1 Å². The molecule has 0 bridgehead atoms. The largest absolute Gasteiger partial charge is 0.489 e. The number of alkyl halides is 1. The Morgan fingerprint density at radius 2 is 1.82 bits per heavy atom. The molecule has 2 aromatic rings. The summed E-state index contributed by atoms with van der Waals surface area (Å²) in [4.78, 5) is 0. The lowest BCUT2D eigenvalue weighted by atomic mass is 10.1. The van der Waals surface area contributed by atoms with Gasteiger partial charge in [-0.2, -0.15) is 0 Å². The van der Waals surface area contributed by atoms with Crippen LogP contribution in [0.3, 0.4) is 0 Å². The van der Waals surface area contributed by atoms with Gasteiger partial charge in [0.1, 0.15) is 12.4 Å². The Hall–Kier alpha value is -1.03. The van der Waals surface area contributed by atoms with Crippen molar-refractivity contribution in [2.75, 3.05) is 12.4 Å². The smallest absolute Gasteiger partial charge is 0.119 e. The van der Waals surface area contributed by atoms with Gasteiger partial charge in [-0.25, -0.2) is 0 Å². The van der Waals surface area contributed by atoms with Crippen LogP contribution in [0.4, 0.5) is 0 Å². The third kappa shape index (κ3) is 4.25. The lowest BCUT2D eigenvalue weighted by Crippen LogP contribution is -2.20. The third-order valence-corrected chi connectivity index (χ3v) is 4.64. The van der Waals surface area contributed by atoms with Crippen LogP contribution >= 0.6 is 27.5 Å². The zero-order chi connectivity index (χ0) is 15.4. The number of hydrogen-bond donors (Lipinski definition) is 1. The van der Waals surface area contributed by atoms with Crippen LogP contribution in [0.2, 0.25) is 0 Å². The van der Waals surface area contributed by atoms with Crippen LogP contribution in [0.15, 0.2) is 53.0 Å². The number of benzene rings is 2. The van der Waals surface area contributed by atoms with E-state index in [0.29, 0.717) is 24.4 Å². The molecule has 2 nitrogen and oxygen atoms in total. The van der Waals surface area contributed by atoms with E-state index in [1.165, 1.54) is 17.5 Å². The molecule has 0 unspecified atom stereocenters. The summed E-state index contributed by atoms with van der Waals surface area (Å²) in [6, 6.07) is 17.2. The topological polar surface area (TPSA) is 21.3 Å². The van der Waals surface area contributed by atoms with Gasteiger partial charge in [0.15, 0.2) is 0 Å². The molecule has 0 aliphatic heterocycles. The van der Waals surface area contributed by atoms with E-state index in [0.717, 1.165) is 16.8 Å². The molecule has 0 aromatic heterocycles. The molecule has 1 aliphatic carbocycles. The second-order valence-electron chi connectivity index (χ2n) is 5.58. The van der Waals surface area contributed by atoms with Crippen LogP contribution in [0.1, 0.15) is 23.5 Å². The second-order valence-corrected chi connectivity index (χ2v) is 6.87. The number of hydrogen-bond acceptors (Lipinski definition) is 2. The molecule has 1 saturated carbocycles. The monoisotopic (exact) mass is 379 g/mol. The van der Waals surface area contributed by atoms with Crippen molar-refractivity contribution >= 4 is 27.5 Å². The summed E-state index contributed by atoms with van der Waals surface area (Å²) in [6.45, 7) is 1.48. The Bertz CT molecular complexity index is 599. The fourth-order valence-electron chi connectivity index (χ4n) is 2.59. The minimum atomic E-state index is 0.591. The zero-order valence-electron chi connectivity index (χ0n) is 12.3. The van der Waals surface area contributed by atoms with Crippen molar-refractivity contribution in [1.29, 1.82) is 0 Å². The van der Waals surface area contributed by atoms with Gasteiger partial charge >= 0.3 is 0 Å². The van der Waals surface area contributed by atoms with Gasteiger partial charge in [0, 0.05) is 28.9 Å². The number of nitrogens with one attached hydrogen (secondary N) is 1. The molecular formula is C18H19BrClNO. The quantitative estimate of drug-likeness (QED) is 0.702. The molecule has 0 heterocycles. The Balaban J connectivity index is 1.51. The molecule has 0 radical (unpaired) electrons. The lowest BCUT2D eigenvalue weighted by Gasteiger charge is -2.08. The number of ether oxygens (including phenoxy) is 1. The molecule has 0 amide bonds. The highest BCUT2D eigenvalue weighted by atomic mass is 79.9. The van der Waals surface area contributed by atoms with Crippen molar-refractivity contribution in [3.05, 3.63) is 64.1 Å². The molecule has 3 rings (SSSR count). The van der Waals surface area contributed by atoms with Crippen molar-refractivity contribution in [2.24, 2.45) is 0 Å². The zero-order valence-corrected chi connectivity index (χ0v) is 14.6. The van der Waals surface area contributed by atoms with E-state index in [-0.39, 0.29) is 0 Å². The predicted octanol–water partition coefficient (Wildman–Crippen LogP) is 4.71. The van der Waals surface area contributed by atoms with Crippen LogP contribution in [0, 0.1) is 0 Å². The summed E-state index contributed by atoms with van der Waals surface area (Å²) in [5, 5.41) is 3.45. The molecule has 4 heteroatoms. The summed E-state index contributed by atoms with van der Waals surface area (Å²) in [6.07, 6.45) is 1.20. The standard InChI is InChI=1S/C18H19BrClNO/c19-15-5-1-13(2-6-15)12-22-16-7-3-14(4-8-16)17-11-18(17)21-10-9-20/h1-8,17-18,21H,9-12H2/t17-,18+/m0/s1. The Labute approximate surface area is 145 Å². The third-order valence-electron chi connectivity index (χ3n) is 3.92. The average Bonchev–Trinajstić information content (AvgIpc) is 3.32. The van der Waals surface area contributed by atoms with Gasteiger partial charge in [-0.3, -0.25) is 0 Å². The van der Waals surface area contributed by atoms with E-state index in [9.17, 15) is 0 Å². The molecule has 1 N–H and O–H groups in total. The minimum Gasteiger partial charge on any atom is -0.489 e. The van der Waals surface area contributed by atoms with E-state index in [1.54, 1.807) is 0 Å². The van der Waals surface area contributed by atoms with Crippen LogP contribution in [-0.2, 0) is 6.61 Å². The number of rotatable bonds is 7. The van der Waals surface area contributed by atoms with E-state index in [4.69, 9.17) is 16.3 Å². The molecule has 0 saturated heterocycles. The van der Waals surface area contributed by atoms with Gasteiger partial charge in [-0.15, -0.1) is 11.6 Å². The molecule has 116 valence electrons. The van der Waals surface area contributed by atoms with Gasteiger partial charge in [0.2, 0.25) is 0 Å². The van der Waals surface area contributed by atoms with Crippen molar-refractivity contribution in [1.82, 2.24) is 5.32 Å². The fourth-order valence-corrected chi connectivity index (χ4v) is 2.96. The summed E-state index contributed by atoms with van der Waals surface area (Å²) in [5.41, 5.74) is 2.54. The van der Waals surface area contributed by atoms with Crippen molar-refractivity contribution < 1.29 is 4.74 Å². The van der Waals surface area contributed by atoms with Gasteiger partial charge in [-0.05, 0) is 41.8 Å². The normalized spacial score (nSPS) is 19.9. The van der Waals surface area contributed by atoms with Crippen LogP contribution < -0.4 is 10.1 Å². The maximum absolute atomic E-state index is 5.83. The molecular weight excluding hydrogens is 362 g/mol. The summed E-state index contributed by atoms with van der Waals surface area (Å²) in [5.74, 6) is 2.22. The lowest BCUT2D eigenvalue weighted by molar-refractivity contribution is 0.306. The van der Waals surface area contributed by atoms with Gasteiger partial charge in [0.25, 0.3) is 0 Å². The Kier molecular flexibility index (Phi) is 5.40. The molecule has 1 fully saturated rings. The molecule has 2 atom stereocenters. The van der Waals surface area contributed by atoms with E-state index < -0.39 is 0 Å². The average molecular weight is 381 g/mol. The number of halogens is 2. The first-order valence-corrected chi connectivity index (χ1v) is 8.85. The highest BCUT2D eigenvalue weighted by Crippen LogP contribution is 2.41. The van der Waals surface area contributed by atoms with Gasteiger partial charge in [-0.1, -0.05) is 40.2 Å².